The number of anilines is 1. The third-order valence-corrected chi connectivity index (χ3v) is 7.41. The van der Waals surface area contributed by atoms with Crippen LogP contribution >= 0.6 is 11.6 Å². The monoisotopic (exact) mass is 470 g/mol. The predicted molar refractivity (Wildman–Crippen MR) is 133 cm³/mol. The van der Waals surface area contributed by atoms with E-state index in [0.717, 1.165) is 30.0 Å². The van der Waals surface area contributed by atoms with Crippen molar-refractivity contribution in [2.24, 2.45) is 0 Å². The first-order valence-corrected chi connectivity index (χ1v) is 12.6. The smallest absolute Gasteiger partial charge is 0.235 e. The van der Waals surface area contributed by atoms with Crippen molar-refractivity contribution in [3.63, 3.8) is 0 Å². The van der Waals surface area contributed by atoms with E-state index in [1.165, 1.54) is 25.8 Å². The fourth-order valence-corrected chi connectivity index (χ4v) is 5.34. The van der Waals surface area contributed by atoms with Crippen LogP contribution in [0.1, 0.15) is 51.0 Å². The average molecular weight is 471 g/mol. The minimum absolute atomic E-state index is 0.0387. The standard InChI is InChI=1S/C27H35ClN2O3/c1-21-7-4-5-16-30(21)17-6-18-33-23-12-10-22(11-13-23)29-26(31)27(14-19-32-20-15-27)24-8-2-3-9-25(24)28/h2-3,8-13,21H,4-7,14-20H2,1H3,(H,29,31)/t21-/m0/s1. The Morgan fingerprint density at radius 2 is 1.91 bits per heavy atom. The van der Waals surface area contributed by atoms with Gasteiger partial charge in [-0.05, 0) is 81.5 Å². The molecule has 4 rings (SSSR count). The summed E-state index contributed by atoms with van der Waals surface area (Å²) >= 11 is 6.49. The summed E-state index contributed by atoms with van der Waals surface area (Å²) in [5.41, 5.74) is 0.944. The molecule has 0 aromatic heterocycles. The maximum atomic E-state index is 13.5. The van der Waals surface area contributed by atoms with Crippen LogP contribution in [-0.4, -0.2) is 49.8 Å². The van der Waals surface area contributed by atoms with Gasteiger partial charge in [0.2, 0.25) is 5.91 Å². The first kappa shape index (κ1) is 24.1. The van der Waals surface area contributed by atoms with Crippen LogP contribution < -0.4 is 10.1 Å². The fourth-order valence-electron chi connectivity index (χ4n) is 5.02. The van der Waals surface area contributed by atoms with E-state index in [1.54, 1.807) is 0 Å². The number of halogens is 1. The number of benzene rings is 2. The number of nitrogens with one attached hydrogen (secondary N) is 1. The summed E-state index contributed by atoms with van der Waals surface area (Å²) in [6.45, 7) is 6.40. The molecular formula is C27H35ClN2O3. The van der Waals surface area contributed by atoms with Crippen molar-refractivity contribution in [1.82, 2.24) is 4.90 Å². The summed E-state index contributed by atoms with van der Waals surface area (Å²) < 4.78 is 11.5. The van der Waals surface area contributed by atoms with Crippen LogP contribution in [0.2, 0.25) is 5.02 Å². The third kappa shape index (κ3) is 5.89. The van der Waals surface area contributed by atoms with Gasteiger partial charge < -0.3 is 19.7 Å². The van der Waals surface area contributed by atoms with E-state index in [4.69, 9.17) is 21.1 Å². The van der Waals surface area contributed by atoms with Crippen molar-refractivity contribution in [3.8, 4) is 5.75 Å². The van der Waals surface area contributed by atoms with E-state index in [0.29, 0.717) is 43.7 Å². The highest BCUT2D eigenvalue weighted by molar-refractivity contribution is 6.31. The van der Waals surface area contributed by atoms with Gasteiger partial charge in [-0.2, -0.15) is 0 Å². The van der Waals surface area contributed by atoms with E-state index in [9.17, 15) is 4.79 Å². The molecule has 0 spiro atoms. The van der Waals surface area contributed by atoms with Crippen LogP contribution in [0.4, 0.5) is 5.69 Å². The summed E-state index contributed by atoms with van der Waals surface area (Å²) in [5.74, 6) is 0.787. The molecule has 2 aliphatic heterocycles. The number of nitrogens with zero attached hydrogens (tertiary/aromatic N) is 1. The largest absolute Gasteiger partial charge is 0.494 e. The number of rotatable bonds is 8. The van der Waals surface area contributed by atoms with E-state index in [2.05, 4.69) is 17.1 Å². The molecule has 0 radical (unpaired) electrons. The molecule has 1 atom stereocenters. The molecule has 1 amide bonds. The topological polar surface area (TPSA) is 50.8 Å². The minimum atomic E-state index is -0.683. The molecule has 33 heavy (non-hydrogen) atoms. The summed E-state index contributed by atoms with van der Waals surface area (Å²) in [6.07, 6.45) is 6.20. The molecule has 2 saturated heterocycles. The summed E-state index contributed by atoms with van der Waals surface area (Å²) in [6, 6.07) is 16.0. The quantitative estimate of drug-likeness (QED) is 0.505. The normalized spacial score (nSPS) is 20.8. The Hall–Kier alpha value is -2.08. The number of likely N-dealkylation sites (tertiary alicyclic amines) is 1. The summed E-state index contributed by atoms with van der Waals surface area (Å²) in [4.78, 5) is 16.0. The van der Waals surface area contributed by atoms with Crippen molar-refractivity contribution in [2.75, 3.05) is 38.2 Å². The van der Waals surface area contributed by atoms with Crippen molar-refractivity contribution in [2.45, 2.75) is 56.9 Å². The highest BCUT2D eigenvalue weighted by Crippen LogP contribution is 2.39. The number of hydrogen-bond acceptors (Lipinski definition) is 4. The molecule has 2 aromatic carbocycles. The molecule has 2 heterocycles. The zero-order chi connectivity index (χ0) is 23.1. The first-order chi connectivity index (χ1) is 16.1. The number of carbonyl (C=O) groups is 1. The highest BCUT2D eigenvalue weighted by Gasteiger charge is 2.43. The number of ether oxygens (including phenoxy) is 2. The van der Waals surface area contributed by atoms with Crippen LogP contribution in [0.3, 0.4) is 0 Å². The van der Waals surface area contributed by atoms with Gasteiger partial charge in [-0.25, -0.2) is 0 Å². The lowest BCUT2D eigenvalue weighted by atomic mass is 9.73. The number of hydrogen-bond donors (Lipinski definition) is 1. The molecule has 0 bridgehead atoms. The third-order valence-electron chi connectivity index (χ3n) is 7.08. The average Bonchev–Trinajstić information content (AvgIpc) is 2.84. The van der Waals surface area contributed by atoms with Crippen molar-refractivity contribution in [1.29, 1.82) is 0 Å². The van der Waals surface area contributed by atoms with E-state index >= 15 is 0 Å². The van der Waals surface area contributed by atoms with Crippen molar-refractivity contribution in [3.05, 3.63) is 59.1 Å². The van der Waals surface area contributed by atoms with Crippen LogP contribution in [-0.2, 0) is 14.9 Å². The predicted octanol–water partition coefficient (Wildman–Crippen LogP) is 5.67. The second-order valence-electron chi connectivity index (χ2n) is 9.24. The summed E-state index contributed by atoms with van der Waals surface area (Å²) in [7, 11) is 0. The van der Waals surface area contributed by atoms with E-state index in [1.807, 2.05) is 48.5 Å². The second-order valence-corrected chi connectivity index (χ2v) is 9.64. The van der Waals surface area contributed by atoms with Gasteiger partial charge in [0.1, 0.15) is 5.75 Å². The highest BCUT2D eigenvalue weighted by atomic mass is 35.5. The second kappa shape index (κ2) is 11.4. The van der Waals surface area contributed by atoms with Gasteiger partial charge in [-0.1, -0.05) is 36.2 Å². The molecule has 2 fully saturated rings. The lowest BCUT2D eigenvalue weighted by molar-refractivity contribution is -0.125. The maximum Gasteiger partial charge on any atom is 0.235 e. The van der Waals surface area contributed by atoms with Gasteiger partial charge in [0, 0.05) is 36.5 Å². The lowest BCUT2D eigenvalue weighted by Gasteiger charge is -2.36. The molecule has 0 unspecified atom stereocenters. The first-order valence-electron chi connectivity index (χ1n) is 12.2. The zero-order valence-electron chi connectivity index (χ0n) is 19.5. The molecule has 178 valence electrons. The van der Waals surface area contributed by atoms with Crippen LogP contribution in [0.15, 0.2) is 48.5 Å². The van der Waals surface area contributed by atoms with Gasteiger partial charge in [0.05, 0.1) is 12.0 Å². The molecule has 0 aliphatic carbocycles. The molecule has 6 heteroatoms. The molecule has 2 aliphatic rings. The van der Waals surface area contributed by atoms with Gasteiger partial charge in [0.25, 0.3) is 0 Å². The van der Waals surface area contributed by atoms with Crippen molar-refractivity contribution < 1.29 is 14.3 Å². The Morgan fingerprint density at radius 1 is 1.15 bits per heavy atom. The fraction of sp³-hybridized carbons (Fsp3) is 0.519. The van der Waals surface area contributed by atoms with Crippen LogP contribution in [0.5, 0.6) is 5.75 Å². The SMILES string of the molecule is C[C@H]1CCCCN1CCCOc1ccc(NC(=O)C2(c3ccccc3Cl)CCOCC2)cc1. The van der Waals surface area contributed by atoms with Crippen LogP contribution in [0, 0.1) is 0 Å². The van der Waals surface area contributed by atoms with Gasteiger partial charge in [-0.3, -0.25) is 4.79 Å². The van der Waals surface area contributed by atoms with E-state index in [-0.39, 0.29) is 5.91 Å². The molecule has 2 aromatic rings. The Kier molecular flexibility index (Phi) is 8.29. The van der Waals surface area contributed by atoms with E-state index < -0.39 is 5.41 Å². The van der Waals surface area contributed by atoms with Crippen molar-refractivity contribution >= 4 is 23.2 Å². The van der Waals surface area contributed by atoms with Gasteiger partial charge in [0.15, 0.2) is 0 Å². The Morgan fingerprint density at radius 3 is 2.64 bits per heavy atom. The maximum absolute atomic E-state index is 13.5. The van der Waals surface area contributed by atoms with Gasteiger partial charge >= 0.3 is 0 Å². The number of amides is 1. The van der Waals surface area contributed by atoms with Crippen LogP contribution in [0.25, 0.3) is 0 Å². The lowest BCUT2D eigenvalue weighted by Crippen LogP contribution is -2.45. The molecular weight excluding hydrogens is 436 g/mol. The van der Waals surface area contributed by atoms with Gasteiger partial charge in [-0.15, -0.1) is 0 Å². The molecule has 0 saturated carbocycles. The summed E-state index contributed by atoms with van der Waals surface area (Å²) in [5, 5.41) is 3.73. The molecule has 1 N–H and O–H groups in total. The Balaban J connectivity index is 1.33. The Bertz CT molecular complexity index is 912. The molecule has 5 nitrogen and oxygen atoms in total. The zero-order valence-corrected chi connectivity index (χ0v) is 20.3. The number of carbonyl (C=O) groups excluding carboxylic acids is 1. The number of piperidine rings is 1. The minimum Gasteiger partial charge on any atom is -0.494 e. The Labute approximate surface area is 202 Å².